The summed E-state index contributed by atoms with van der Waals surface area (Å²) in [7, 11) is 0. The van der Waals surface area contributed by atoms with Gasteiger partial charge in [0.25, 0.3) is 0 Å². The molecule has 1 atom stereocenters. The van der Waals surface area contributed by atoms with Crippen LogP contribution in [0.15, 0.2) is 36.7 Å². The Morgan fingerprint density at radius 2 is 2.12 bits per heavy atom. The fourth-order valence-electron chi connectivity index (χ4n) is 3.38. The number of nitrogens with one attached hydrogen (secondary N) is 1. The van der Waals surface area contributed by atoms with Crippen molar-refractivity contribution in [3.8, 4) is 0 Å². The largest absolute Gasteiger partial charge is 0.377 e. The lowest BCUT2D eigenvalue weighted by Gasteiger charge is -2.35. The van der Waals surface area contributed by atoms with E-state index in [-0.39, 0.29) is 12.1 Å². The number of benzene rings is 1. The molecule has 2 aliphatic rings. The quantitative estimate of drug-likeness (QED) is 0.931. The van der Waals surface area contributed by atoms with Gasteiger partial charge < -0.3 is 15.0 Å². The van der Waals surface area contributed by atoms with E-state index in [9.17, 15) is 4.79 Å². The molecule has 0 bridgehead atoms. The van der Waals surface area contributed by atoms with E-state index >= 15 is 0 Å². The van der Waals surface area contributed by atoms with Crippen LogP contribution < -0.4 is 5.32 Å². The van der Waals surface area contributed by atoms with Crippen molar-refractivity contribution in [3.63, 3.8) is 0 Å². The number of urea groups is 1. The number of carbonyl (C=O) groups excluding carboxylic acids is 1. The van der Waals surface area contributed by atoms with Gasteiger partial charge in [0.05, 0.1) is 32.0 Å². The van der Waals surface area contributed by atoms with Crippen molar-refractivity contribution in [2.45, 2.75) is 32.4 Å². The number of aryl methyl sites for hydroxylation is 1. The monoisotopic (exact) mass is 340 g/mol. The van der Waals surface area contributed by atoms with Crippen LogP contribution >= 0.6 is 0 Å². The lowest BCUT2D eigenvalue weighted by Crippen LogP contribution is -2.51. The maximum atomic E-state index is 12.6. The number of nitrogens with zero attached hydrogens (tertiary/aromatic N) is 3. The van der Waals surface area contributed by atoms with Gasteiger partial charge in [-0.2, -0.15) is 5.10 Å². The molecule has 1 saturated carbocycles. The van der Waals surface area contributed by atoms with Crippen LogP contribution in [-0.2, 0) is 11.3 Å². The highest BCUT2D eigenvalue weighted by molar-refractivity contribution is 5.89. The molecule has 2 aromatic rings. The average molecular weight is 340 g/mol. The van der Waals surface area contributed by atoms with Crippen LogP contribution in [0.4, 0.5) is 10.5 Å². The van der Waals surface area contributed by atoms with Crippen LogP contribution in [0.3, 0.4) is 0 Å². The van der Waals surface area contributed by atoms with E-state index in [1.165, 1.54) is 12.8 Å². The molecular weight excluding hydrogens is 316 g/mol. The van der Waals surface area contributed by atoms with Crippen LogP contribution in [0.1, 0.15) is 24.0 Å². The first kappa shape index (κ1) is 16.1. The van der Waals surface area contributed by atoms with Crippen molar-refractivity contribution < 1.29 is 9.53 Å². The van der Waals surface area contributed by atoms with Crippen molar-refractivity contribution in [2.75, 3.05) is 25.1 Å². The minimum absolute atomic E-state index is 0.0179. The molecule has 2 amide bonds. The zero-order valence-electron chi connectivity index (χ0n) is 14.5. The van der Waals surface area contributed by atoms with E-state index in [4.69, 9.17) is 4.74 Å². The number of rotatable bonds is 4. The molecule has 1 aliphatic carbocycles. The first-order chi connectivity index (χ1) is 12.2. The molecule has 0 radical (unpaired) electrons. The topological polar surface area (TPSA) is 59.4 Å². The van der Waals surface area contributed by atoms with Crippen LogP contribution in [0.5, 0.6) is 0 Å². The zero-order chi connectivity index (χ0) is 17.2. The second-order valence-corrected chi connectivity index (χ2v) is 7.02. The molecule has 4 rings (SSSR count). The second kappa shape index (κ2) is 6.88. The second-order valence-electron chi connectivity index (χ2n) is 7.02. The third-order valence-corrected chi connectivity index (χ3v) is 4.90. The first-order valence-electron chi connectivity index (χ1n) is 8.92. The van der Waals surface area contributed by atoms with E-state index in [0.717, 1.165) is 23.4 Å². The summed E-state index contributed by atoms with van der Waals surface area (Å²) in [5.41, 5.74) is 3.13. The minimum Gasteiger partial charge on any atom is -0.377 e. The lowest BCUT2D eigenvalue weighted by atomic mass is 10.1. The van der Waals surface area contributed by atoms with Gasteiger partial charge in [0.15, 0.2) is 0 Å². The fraction of sp³-hybridized carbons (Fsp3) is 0.474. The molecule has 1 aromatic heterocycles. The summed E-state index contributed by atoms with van der Waals surface area (Å²) in [6, 6.07) is 8.19. The highest BCUT2D eigenvalue weighted by Gasteiger charge is 2.39. The Bertz CT molecular complexity index is 736. The SMILES string of the molecule is Cc1cnn(Cc2ccc(NC(=O)N3CCOC[C@H]3C3CC3)cc2)c1. The molecule has 1 N–H and O–H groups in total. The molecule has 0 spiro atoms. The van der Waals surface area contributed by atoms with Crippen LogP contribution in [0, 0.1) is 12.8 Å². The van der Waals surface area contributed by atoms with Crippen LogP contribution in [0.2, 0.25) is 0 Å². The third kappa shape index (κ3) is 3.85. The van der Waals surface area contributed by atoms with E-state index in [1.807, 2.05) is 53.2 Å². The number of amides is 2. The van der Waals surface area contributed by atoms with Crippen molar-refractivity contribution in [2.24, 2.45) is 5.92 Å². The van der Waals surface area contributed by atoms with Crippen molar-refractivity contribution >= 4 is 11.7 Å². The van der Waals surface area contributed by atoms with Crippen LogP contribution in [0.25, 0.3) is 0 Å². The first-order valence-corrected chi connectivity index (χ1v) is 8.92. The molecular formula is C19H24N4O2. The predicted molar refractivity (Wildman–Crippen MR) is 95.6 cm³/mol. The summed E-state index contributed by atoms with van der Waals surface area (Å²) in [6.07, 6.45) is 6.29. The van der Waals surface area contributed by atoms with Crippen LogP contribution in [-0.4, -0.2) is 46.5 Å². The standard InChI is InChI=1S/C19H24N4O2/c1-14-10-20-22(11-14)12-15-2-6-17(7-3-15)21-19(24)23-8-9-25-13-18(23)16-4-5-16/h2-3,6-7,10-11,16,18H,4-5,8-9,12-13H2,1H3,(H,21,24)/t18-/m0/s1. The number of anilines is 1. The Balaban J connectivity index is 1.37. The molecule has 2 fully saturated rings. The summed E-state index contributed by atoms with van der Waals surface area (Å²) in [5, 5.41) is 7.33. The Kier molecular flexibility index (Phi) is 4.44. The Hall–Kier alpha value is -2.34. The minimum atomic E-state index is -0.0179. The van der Waals surface area contributed by atoms with Crippen molar-refractivity contribution in [3.05, 3.63) is 47.8 Å². The lowest BCUT2D eigenvalue weighted by molar-refractivity contribution is 0.00773. The number of aromatic nitrogens is 2. The smallest absolute Gasteiger partial charge is 0.322 e. The van der Waals surface area contributed by atoms with Gasteiger partial charge in [-0.3, -0.25) is 4.68 Å². The highest BCUT2D eigenvalue weighted by atomic mass is 16.5. The average Bonchev–Trinajstić information content (AvgIpc) is 3.39. The predicted octanol–water partition coefficient (Wildman–Crippen LogP) is 2.88. The normalized spacial score (nSPS) is 20.5. The molecule has 6 heteroatoms. The van der Waals surface area contributed by atoms with Crippen molar-refractivity contribution in [1.82, 2.24) is 14.7 Å². The summed E-state index contributed by atoms with van der Waals surface area (Å²) < 4.78 is 7.47. The summed E-state index contributed by atoms with van der Waals surface area (Å²) >= 11 is 0. The molecule has 1 aromatic carbocycles. The molecule has 25 heavy (non-hydrogen) atoms. The molecule has 132 valence electrons. The van der Waals surface area contributed by atoms with E-state index in [0.29, 0.717) is 25.7 Å². The van der Waals surface area contributed by atoms with Gasteiger partial charge in [-0.25, -0.2) is 4.79 Å². The number of morpholine rings is 1. The fourth-order valence-corrected chi connectivity index (χ4v) is 3.38. The maximum Gasteiger partial charge on any atom is 0.322 e. The molecule has 1 aliphatic heterocycles. The third-order valence-electron chi connectivity index (χ3n) is 4.90. The number of carbonyl (C=O) groups is 1. The zero-order valence-corrected chi connectivity index (χ0v) is 14.5. The number of ether oxygens (including phenoxy) is 1. The van der Waals surface area contributed by atoms with Gasteiger partial charge >= 0.3 is 6.03 Å². The molecule has 6 nitrogen and oxygen atoms in total. The summed E-state index contributed by atoms with van der Waals surface area (Å²) in [4.78, 5) is 14.6. The van der Waals surface area contributed by atoms with Gasteiger partial charge in [0.2, 0.25) is 0 Å². The summed E-state index contributed by atoms with van der Waals surface area (Å²) in [5.74, 6) is 0.617. The highest BCUT2D eigenvalue weighted by Crippen LogP contribution is 2.36. The van der Waals surface area contributed by atoms with E-state index in [2.05, 4.69) is 10.4 Å². The Morgan fingerprint density at radius 3 is 2.80 bits per heavy atom. The van der Waals surface area contributed by atoms with Gasteiger partial charge in [0.1, 0.15) is 0 Å². The van der Waals surface area contributed by atoms with Gasteiger partial charge in [-0.15, -0.1) is 0 Å². The number of hydrogen-bond acceptors (Lipinski definition) is 3. The van der Waals surface area contributed by atoms with Gasteiger partial charge in [0, 0.05) is 18.4 Å². The number of hydrogen-bond donors (Lipinski definition) is 1. The van der Waals surface area contributed by atoms with Gasteiger partial charge in [-0.05, 0) is 48.9 Å². The maximum absolute atomic E-state index is 12.6. The molecule has 1 saturated heterocycles. The molecule has 0 unspecified atom stereocenters. The van der Waals surface area contributed by atoms with E-state index < -0.39 is 0 Å². The Morgan fingerprint density at radius 1 is 1.32 bits per heavy atom. The van der Waals surface area contributed by atoms with E-state index in [1.54, 1.807) is 0 Å². The van der Waals surface area contributed by atoms with Crippen molar-refractivity contribution in [1.29, 1.82) is 0 Å². The summed E-state index contributed by atoms with van der Waals surface area (Å²) in [6.45, 7) is 4.72. The Labute approximate surface area is 147 Å². The molecule has 2 heterocycles. The van der Waals surface area contributed by atoms with Gasteiger partial charge in [-0.1, -0.05) is 12.1 Å².